The molecule has 7 heteroatoms. The molecular formula is C25H33N5O2. The molecule has 3 aromatic rings. The maximum atomic E-state index is 5.42. The summed E-state index contributed by atoms with van der Waals surface area (Å²) in [6, 6.07) is 16.4. The Morgan fingerprint density at radius 3 is 2.44 bits per heavy atom. The maximum absolute atomic E-state index is 5.42. The summed E-state index contributed by atoms with van der Waals surface area (Å²) in [5.41, 5.74) is 3.36. The first-order chi connectivity index (χ1) is 15.5. The number of nitrogens with zero attached hydrogens (tertiary/aromatic N) is 4. The molecule has 0 atom stereocenters. The van der Waals surface area contributed by atoms with E-state index in [1.165, 1.54) is 11.1 Å². The zero-order chi connectivity index (χ0) is 23.1. The van der Waals surface area contributed by atoms with Crippen molar-refractivity contribution >= 4 is 22.7 Å². The number of fused-ring (bicyclic) bond motifs is 1. The van der Waals surface area contributed by atoms with E-state index in [-0.39, 0.29) is 0 Å². The van der Waals surface area contributed by atoms with E-state index in [4.69, 9.17) is 14.5 Å². The molecule has 0 amide bonds. The lowest BCUT2D eigenvalue weighted by Gasteiger charge is -2.23. The molecule has 2 aromatic carbocycles. The molecule has 0 unspecified atom stereocenters. The van der Waals surface area contributed by atoms with E-state index in [0.29, 0.717) is 6.54 Å². The molecule has 0 fully saturated rings. The van der Waals surface area contributed by atoms with Gasteiger partial charge in [0.15, 0.2) is 17.5 Å². The van der Waals surface area contributed by atoms with Gasteiger partial charge in [-0.15, -0.1) is 0 Å². The summed E-state index contributed by atoms with van der Waals surface area (Å²) in [6.07, 6.45) is 0.862. The van der Waals surface area contributed by atoms with Crippen molar-refractivity contribution in [2.45, 2.75) is 13.0 Å². The summed E-state index contributed by atoms with van der Waals surface area (Å²) in [7, 11) is 11.2. The third kappa shape index (κ3) is 5.41. The van der Waals surface area contributed by atoms with Gasteiger partial charge >= 0.3 is 0 Å². The fourth-order valence-electron chi connectivity index (χ4n) is 3.61. The van der Waals surface area contributed by atoms with Gasteiger partial charge in [0.05, 0.1) is 19.7 Å². The second-order valence-corrected chi connectivity index (χ2v) is 7.81. The molecule has 0 aliphatic rings. The van der Waals surface area contributed by atoms with Crippen molar-refractivity contribution in [2.24, 2.45) is 4.99 Å². The lowest BCUT2D eigenvalue weighted by atomic mass is 10.1. The van der Waals surface area contributed by atoms with Crippen LogP contribution in [-0.4, -0.2) is 64.8 Å². The van der Waals surface area contributed by atoms with Gasteiger partial charge in [0.1, 0.15) is 5.82 Å². The first kappa shape index (κ1) is 23.2. The van der Waals surface area contributed by atoms with E-state index in [0.717, 1.165) is 47.1 Å². The largest absolute Gasteiger partial charge is 0.493 e. The van der Waals surface area contributed by atoms with Crippen molar-refractivity contribution in [3.63, 3.8) is 0 Å². The summed E-state index contributed by atoms with van der Waals surface area (Å²) in [5.74, 6) is 3.27. The van der Waals surface area contributed by atoms with Gasteiger partial charge in [0, 0.05) is 46.7 Å². The fraction of sp³-hybridized carbons (Fsp3) is 0.360. The third-order valence-electron chi connectivity index (χ3n) is 5.44. The molecule has 0 spiro atoms. The van der Waals surface area contributed by atoms with Gasteiger partial charge in [0.25, 0.3) is 0 Å². The number of hydrogen-bond donors (Lipinski definition) is 1. The summed E-state index contributed by atoms with van der Waals surface area (Å²) in [4.78, 5) is 13.4. The Kier molecular flexibility index (Phi) is 7.76. The van der Waals surface area contributed by atoms with E-state index in [9.17, 15) is 0 Å². The van der Waals surface area contributed by atoms with Gasteiger partial charge in [-0.2, -0.15) is 0 Å². The Labute approximate surface area is 190 Å². The van der Waals surface area contributed by atoms with Crippen molar-refractivity contribution < 1.29 is 9.47 Å². The summed E-state index contributed by atoms with van der Waals surface area (Å²) >= 11 is 0. The smallest absolute Gasteiger partial charge is 0.193 e. The highest BCUT2D eigenvalue weighted by atomic mass is 16.5. The van der Waals surface area contributed by atoms with E-state index >= 15 is 0 Å². The van der Waals surface area contributed by atoms with Crippen molar-refractivity contribution in [3.8, 4) is 11.5 Å². The average molecular weight is 436 g/mol. The van der Waals surface area contributed by atoms with Gasteiger partial charge in [-0.3, -0.25) is 4.99 Å². The van der Waals surface area contributed by atoms with Crippen molar-refractivity contribution in [1.29, 1.82) is 0 Å². The number of benzene rings is 2. The Hall–Kier alpha value is -3.48. The van der Waals surface area contributed by atoms with Gasteiger partial charge in [-0.1, -0.05) is 24.3 Å². The van der Waals surface area contributed by atoms with E-state index < -0.39 is 0 Å². The highest BCUT2D eigenvalue weighted by molar-refractivity contribution is 5.85. The summed E-state index contributed by atoms with van der Waals surface area (Å²) < 4.78 is 10.7. The molecule has 0 bridgehead atoms. The van der Waals surface area contributed by atoms with Crippen LogP contribution in [0, 0.1) is 0 Å². The maximum Gasteiger partial charge on any atom is 0.193 e. The van der Waals surface area contributed by atoms with Gasteiger partial charge in [-0.25, -0.2) is 4.98 Å². The number of para-hydroxylation sites is 1. The zero-order valence-electron chi connectivity index (χ0n) is 19.8. The predicted molar refractivity (Wildman–Crippen MR) is 132 cm³/mol. The molecule has 1 N–H and O–H groups in total. The molecule has 0 aliphatic carbocycles. The number of likely N-dealkylation sites (N-methyl/N-ethyl adjacent to an activating group) is 1. The Morgan fingerprint density at radius 2 is 1.75 bits per heavy atom. The molecule has 170 valence electrons. The number of ether oxygens (including phenoxy) is 2. The first-order valence-electron chi connectivity index (χ1n) is 10.7. The molecule has 0 aliphatic heterocycles. The number of guanidine groups is 1. The van der Waals surface area contributed by atoms with Crippen LogP contribution < -0.4 is 19.7 Å². The molecule has 1 heterocycles. The quantitative estimate of drug-likeness (QED) is 0.431. The van der Waals surface area contributed by atoms with Gasteiger partial charge in [0.2, 0.25) is 0 Å². The lowest BCUT2D eigenvalue weighted by Crippen LogP contribution is -2.39. The minimum atomic E-state index is 0.664. The molecule has 7 nitrogen and oxygen atoms in total. The second-order valence-electron chi connectivity index (χ2n) is 7.81. The number of rotatable bonds is 8. The van der Waals surface area contributed by atoms with Crippen molar-refractivity contribution in [2.75, 3.05) is 53.9 Å². The minimum Gasteiger partial charge on any atom is -0.493 e. The summed E-state index contributed by atoms with van der Waals surface area (Å²) in [5, 5.41) is 4.65. The van der Waals surface area contributed by atoms with Crippen LogP contribution in [0.25, 0.3) is 10.9 Å². The molecule has 1 aromatic heterocycles. The molecular weight excluding hydrogens is 402 g/mol. The van der Waals surface area contributed by atoms with Crippen LogP contribution in [0.5, 0.6) is 11.5 Å². The van der Waals surface area contributed by atoms with E-state index in [1.807, 2.05) is 57.4 Å². The SMILES string of the molecule is CN=C(NCc1cc(N(C)C)nc2ccccc12)N(C)CCc1ccc(OC)c(OC)c1. The minimum absolute atomic E-state index is 0.664. The van der Waals surface area contributed by atoms with Crippen LogP contribution >= 0.6 is 0 Å². The van der Waals surface area contributed by atoms with Gasteiger partial charge in [-0.05, 0) is 41.8 Å². The molecule has 0 radical (unpaired) electrons. The molecule has 0 saturated carbocycles. The summed E-state index contributed by atoms with van der Waals surface area (Å²) in [6.45, 7) is 1.48. The lowest BCUT2D eigenvalue weighted by molar-refractivity contribution is 0.354. The topological polar surface area (TPSA) is 62.2 Å². The van der Waals surface area contributed by atoms with Crippen LogP contribution in [0.1, 0.15) is 11.1 Å². The predicted octanol–water partition coefficient (Wildman–Crippen LogP) is 3.57. The zero-order valence-corrected chi connectivity index (χ0v) is 19.8. The molecule has 3 rings (SSSR count). The Bertz CT molecular complexity index is 1080. The standard InChI is InChI=1S/C25H33N5O2/c1-26-25(30(4)14-13-18-11-12-22(31-5)23(15-18)32-6)27-17-19-16-24(29(2)3)28-21-10-8-7-9-20(19)21/h7-12,15-16H,13-14,17H2,1-6H3,(H,26,27). The molecule has 0 saturated heterocycles. The molecule has 32 heavy (non-hydrogen) atoms. The monoisotopic (exact) mass is 435 g/mol. The normalized spacial score (nSPS) is 11.4. The van der Waals surface area contributed by atoms with Crippen molar-refractivity contribution in [1.82, 2.24) is 15.2 Å². The van der Waals surface area contributed by atoms with Crippen LogP contribution in [0.2, 0.25) is 0 Å². The number of nitrogens with one attached hydrogen (secondary N) is 1. The van der Waals surface area contributed by atoms with Crippen LogP contribution in [0.15, 0.2) is 53.5 Å². The Morgan fingerprint density at radius 1 is 1.00 bits per heavy atom. The van der Waals surface area contributed by atoms with E-state index in [1.54, 1.807) is 14.2 Å². The number of methoxy groups -OCH3 is 2. The fourth-order valence-corrected chi connectivity index (χ4v) is 3.61. The number of anilines is 1. The van der Waals surface area contributed by atoms with Crippen LogP contribution in [0.4, 0.5) is 5.82 Å². The highest BCUT2D eigenvalue weighted by Crippen LogP contribution is 2.27. The number of pyridine rings is 1. The third-order valence-corrected chi connectivity index (χ3v) is 5.44. The Balaban J connectivity index is 1.68. The van der Waals surface area contributed by atoms with Crippen LogP contribution in [-0.2, 0) is 13.0 Å². The average Bonchev–Trinajstić information content (AvgIpc) is 2.82. The van der Waals surface area contributed by atoms with Crippen LogP contribution in [0.3, 0.4) is 0 Å². The number of aromatic nitrogens is 1. The highest BCUT2D eigenvalue weighted by Gasteiger charge is 2.11. The number of aliphatic imine (C=N–C) groups is 1. The number of hydrogen-bond acceptors (Lipinski definition) is 5. The van der Waals surface area contributed by atoms with E-state index in [2.05, 4.69) is 39.5 Å². The second kappa shape index (κ2) is 10.7. The van der Waals surface area contributed by atoms with Gasteiger partial charge < -0.3 is 24.6 Å². The van der Waals surface area contributed by atoms with Crippen molar-refractivity contribution in [3.05, 3.63) is 59.7 Å². The first-order valence-corrected chi connectivity index (χ1v) is 10.7.